The molecule has 2 aliphatic rings. The number of aliphatic hydroxyl groups is 1. The molecule has 1 N–H and O–H groups in total. The van der Waals surface area contributed by atoms with Crippen LogP contribution in [0.5, 0.6) is 0 Å². The minimum absolute atomic E-state index is 0.00958. The smallest absolute Gasteiger partial charge is 0.336 e. The third kappa shape index (κ3) is 1.44. The van der Waals surface area contributed by atoms with Gasteiger partial charge in [0.1, 0.15) is 0 Å². The van der Waals surface area contributed by atoms with Crippen molar-refractivity contribution in [1.29, 1.82) is 0 Å². The molecule has 0 amide bonds. The van der Waals surface area contributed by atoms with Crippen LogP contribution in [0.1, 0.15) is 13.3 Å². The van der Waals surface area contributed by atoms with E-state index < -0.39 is 0 Å². The summed E-state index contributed by atoms with van der Waals surface area (Å²) < 4.78 is 10.3. The average molecular weight is 198 g/mol. The molecule has 4 nitrogen and oxygen atoms in total. The SMILES string of the molecule is C[C@@H]1OCC2=C(CCOC2=O)[C@H]1CO. The summed E-state index contributed by atoms with van der Waals surface area (Å²) in [5, 5.41) is 9.22. The first kappa shape index (κ1) is 9.68. The maximum absolute atomic E-state index is 11.4. The van der Waals surface area contributed by atoms with Gasteiger partial charge in [0.25, 0.3) is 0 Å². The Labute approximate surface area is 82.5 Å². The monoisotopic (exact) mass is 198 g/mol. The molecule has 2 aliphatic heterocycles. The zero-order valence-electron chi connectivity index (χ0n) is 8.16. The lowest BCUT2D eigenvalue weighted by molar-refractivity contribution is -0.142. The van der Waals surface area contributed by atoms with Crippen LogP contribution < -0.4 is 0 Å². The standard InChI is InChI=1S/C10H14O4/c1-6-8(4-11)7-2-3-13-10(12)9(7)5-14-6/h6,8,11H,2-5H2,1H3/t6-,8-/m0/s1. The number of aliphatic hydroxyl groups excluding tert-OH is 1. The van der Waals surface area contributed by atoms with Gasteiger partial charge in [-0.1, -0.05) is 0 Å². The molecular formula is C10H14O4. The molecule has 0 aromatic heterocycles. The van der Waals surface area contributed by atoms with E-state index in [0.717, 1.165) is 12.0 Å². The van der Waals surface area contributed by atoms with Gasteiger partial charge in [0.2, 0.25) is 0 Å². The lowest BCUT2D eigenvalue weighted by Crippen LogP contribution is -2.37. The Morgan fingerprint density at radius 3 is 3.07 bits per heavy atom. The van der Waals surface area contributed by atoms with Crippen molar-refractivity contribution < 1.29 is 19.4 Å². The van der Waals surface area contributed by atoms with Crippen LogP contribution in [0.15, 0.2) is 11.1 Å². The first-order chi connectivity index (χ1) is 6.74. The minimum Gasteiger partial charge on any atom is -0.462 e. The van der Waals surface area contributed by atoms with Crippen molar-refractivity contribution in [2.45, 2.75) is 19.4 Å². The molecule has 14 heavy (non-hydrogen) atoms. The topological polar surface area (TPSA) is 55.8 Å². The quantitative estimate of drug-likeness (QED) is 0.614. The molecule has 2 heterocycles. The average Bonchev–Trinajstić information content (AvgIpc) is 2.18. The third-order valence-corrected chi connectivity index (χ3v) is 2.94. The number of ether oxygens (including phenoxy) is 2. The van der Waals surface area contributed by atoms with Crippen molar-refractivity contribution in [3.05, 3.63) is 11.1 Å². The molecule has 0 aromatic rings. The Kier molecular flexibility index (Phi) is 2.56. The van der Waals surface area contributed by atoms with Gasteiger partial charge >= 0.3 is 5.97 Å². The lowest BCUT2D eigenvalue weighted by Gasteiger charge is -2.34. The van der Waals surface area contributed by atoms with Crippen LogP contribution in [0, 0.1) is 5.92 Å². The van der Waals surface area contributed by atoms with Crippen molar-refractivity contribution in [3.63, 3.8) is 0 Å². The van der Waals surface area contributed by atoms with Crippen LogP contribution in [0.4, 0.5) is 0 Å². The van der Waals surface area contributed by atoms with E-state index in [4.69, 9.17) is 9.47 Å². The Morgan fingerprint density at radius 2 is 2.36 bits per heavy atom. The van der Waals surface area contributed by atoms with Crippen molar-refractivity contribution in [1.82, 2.24) is 0 Å². The number of cyclic esters (lactones) is 1. The Bertz CT molecular complexity index is 282. The van der Waals surface area contributed by atoms with Crippen molar-refractivity contribution in [3.8, 4) is 0 Å². The molecule has 2 atom stereocenters. The molecule has 0 spiro atoms. The van der Waals surface area contributed by atoms with Gasteiger partial charge in [0.05, 0.1) is 31.5 Å². The second-order valence-electron chi connectivity index (χ2n) is 3.69. The predicted molar refractivity (Wildman–Crippen MR) is 48.6 cm³/mol. The molecule has 0 aliphatic carbocycles. The number of hydrogen-bond acceptors (Lipinski definition) is 4. The van der Waals surface area contributed by atoms with Crippen LogP contribution in [0.3, 0.4) is 0 Å². The largest absolute Gasteiger partial charge is 0.462 e. The van der Waals surface area contributed by atoms with Crippen molar-refractivity contribution >= 4 is 5.97 Å². The fraction of sp³-hybridized carbons (Fsp3) is 0.700. The van der Waals surface area contributed by atoms with Gasteiger partial charge < -0.3 is 14.6 Å². The van der Waals surface area contributed by atoms with E-state index in [1.165, 1.54) is 0 Å². The zero-order chi connectivity index (χ0) is 10.1. The van der Waals surface area contributed by atoms with Gasteiger partial charge in [0, 0.05) is 12.3 Å². The Hall–Kier alpha value is -0.870. The Morgan fingerprint density at radius 1 is 1.57 bits per heavy atom. The van der Waals surface area contributed by atoms with Gasteiger partial charge in [-0.15, -0.1) is 0 Å². The van der Waals surface area contributed by atoms with Gasteiger partial charge in [-0.05, 0) is 12.5 Å². The molecule has 4 heteroatoms. The highest BCUT2D eigenvalue weighted by atomic mass is 16.5. The summed E-state index contributed by atoms with van der Waals surface area (Å²) in [6.07, 6.45) is 0.727. The summed E-state index contributed by atoms with van der Waals surface area (Å²) in [5.74, 6) is -0.316. The second-order valence-corrected chi connectivity index (χ2v) is 3.69. The predicted octanol–water partition coefficient (Wildman–Crippen LogP) is 0.257. The van der Waals surface area contributed by atoms with E-state index >= 15 is 0 Å². The summed E-state index contributed by atoms with van der Waals surface area (Å²) in [4.78, 5) is 11.4. The summed E-state index contributed by atoms with van der Waals surface area (Å²) in [6.45, 7) is 2.71. The van der Waals surface area contributed by atoms with Gasteiger partial charge in [-0.2, -0.15) is 0 Å². The molecule has 0 bridgehead atoms. The summed E-state index contributed by atoms with van der Waals surface area (Å²) in [7, 11) is 0. The van der Waals surface area contributed by atoms with Gasteiger partial charge in [-0.25, -0.2) is 4.79 Å². The molecule has 78 valence electrons. The highest BCUT2D eigenvalue weighted by molar-refractivity contribution is 5.90. The summed E-state index contributed by atoms with van der Waals surface area (Å²) in [6, 6.07) is 0. The zero-order valence-corrected chi connectivity index (χ0v) is 8.16. The molecule has 0 radical (unpaired) electrons. The van der Waals surface area contributed by atoms with E-state index in [1.54, 1.807) is 0 Å². The van der Waals surface area contributed by atoms with Gasteiger partial charge in [-0.3, -0.25) is 0 Å². The van der Waals surface area contributed by atoms with E-state index in [-0.39, 0.29) is 24.6 Å². The molecule has 0 saturated heterocycles. The molecule has 0 fully saturated rings. The first-order valence-corrected chi connectivity index (χ1v) is 4.85. The normalized spacial score (nSPS) is 32.6. The highest BCUT2D eigenvalue weighted by Gasteiger charge is 2.34. The number of carbonyl (C=O) groups excluding carboxylic acids is 1. The van der Waals surface area contributed by atoms with Crippen LogP contribution >= 0.6 is 0 Å². The summed E-state index contributed by atoms with van der Waals surface area (Å²) in [5.41, 5.74) is 1.65. The third-order valence-electron chi connectivity index (χ3n) is 2.94. The maximum atomic E-state index is 11.4. The lowest BCUT2D eigenvalue weighted by atomic mass is 9.85. The first-order valence-electron chi connectivity index (χ1n) is 4.85. The van der Waals surface area contributed by atoms with Crippen molar-refractivity contribution in [2.75, 3.05) is 19.8 Å². The van der Waals surface area contributed by atoms with Crippen molar-refractivity contribution in [2.24, 2.45) is 5.92 Å². The second kappa shape index (κ2) is 3.71. The number of carbonyl (C=O) groups is 1. The van der Waals surface area contributed by atoms with Crippen LogP contribution in [-0.4, -0.2) is 37.0 Å². The van der Waals surface area contributed by atoms with Crippen LogP contribution in [0.2, 0.25) is 0 Å². The number of hydrogen-bond donors (Lipinski definition) is 1. The number of rotatable bonds is 1. The maximum Gasteiger partial charge on any atom is 0.336 e. The number of esters is 1. The van der Waals surface area contributed by atoms with E-state index in [2.05, 4.69) is 0 Å². The molecule has 2 rings (SSSR count). The molecule has 0 unspecified atom stereocenters. The summed E-state index contributed by atoms with van der Waals surface area (Å²) >= 11 is 0. The van der Waals surface area contributed by atoms with E-state index in [1.807, 2.05) is 6.92 Å². The van der Waals surface area contributed by atoms with E-state index in [0.29, 0.717) is 18.8 Å². The minimum atomic E-state index is -0.281. The van der Waals surface area contributed by atoms with Crippen LogP contribution in [0.25, 0.3) is 0 Å². The molecule has 0 saturated carbocycles. The van der Waals surface area contributed by atoms with Gasteiger partial charge in [0.15, 0.2) is 0 Å². The fourth-order valence-electron chi connectivity index (χ4n) is 2.06. The highest BCUT2D eigenvalue weighted by Crippen LogP contribution is 2.32. The molecular weight excluding hydrogens is 184 g/mol. The fourth-order valence-corrected chi connectivity index (χ4v) is 2.06. The Balaban J connectivity index is 2.32. The van der Waals surface area contributed by atoms with E-state index in [9.17, 15) is 9.90 Å². The van der Waals surface area contributed by atoms with Crippen LogP contribution in [-0.2, 0) is 14.3 Å². The molecule has 0 aromatic carbocycles.